The van der Waals surface area contributed by atoms with Crippen LogP contribution in [0, 0.1) is 0 Å². The van der Waals surface area contributed by atoms with Gasteiger partial charge in [-0.15, -0.1) is 0 Å². The first kappa shape index (κ1) is 27.5. The Labute approximate surface area is 233 Å². The van der Waals surface area contributed by atoms with Crippen molar-refractivity contribution in [1.29, 1.82) is 0 Å². The van der Waals surface area contributed by atoms with Gasteiger partial charge in [0, 0.05) is 36.8 Å². The smallest absolute Gasteiger partial charge is 0.416 e. The summed E-state index contributed by atoms with van der Waals surface area (Å²) in [5, 5.41) is 6.48. The molecule has 0 spiro atoms. The Morgan fingerprint density at radius 3 is 2.24 bits per heavy atom. The molecule has 0 atom stereocenters. The van der Waals surface area contributed by atoms with Gasteiger partial charge in [0.15, 0.2) is 28.5 Å². The van der Waals surface area contributed by atoms with Crippen LogP contribution in [0.25, 0.3) is 11.2 Å². The van der Waals surface area contributed by atoms with Crippen LogP contribution in [0.2, 0.25) is 0 Å². The van der Waals surface area contributed by atoms with Gasteiger partial charge in [0.05, 0.1) is 39.8 Å². The number of halogens is 3. The highest BCUT2D eigenvalue weighted by atomic mass is 19.4. The highest BCUT2D eigenvalue weighted by Crippen LogP contribution is 2.40. The number of methoxy groups -OCH3 is 3. The second kappa shape index (κ2) is 11.6. The van der Waals surface area contributed by atoms with Crippen LogP contribution in [-0.2, 0) is 19.3 Å². The van der Waals surface area contributed by atoms with Gasteiger partial charge in [-0.1, -0.05) is 18.2 Å². The van der Waals surface area contributed by atoms with E-state index in [9.17, 15) is 13.2 Å². The molecule has 5 aromatic rings. The molecule has 0 aliphatic heterocycles. The predicted octanol–water partition coefficient (Wildman–Crippen LogP) is 5.67. The summed E-state index contributed by atoms with van der Waals surface area (Å²) in [6, 6.07) is 12.2. The van der Waals surface area contributed by atoms with Gasteiger partial charge in [-0.25, -0.2) is 4.98 Å². The molecule has 10 nitrogen and oxygen atoms in total. The van der Waals surface area contributed by atoms with Crippen molar-refractivity contribution in [2.24, 2.45) is 0 Å². The SMILES string of the molecule is COc1cc(Nc2nc(NCc3cccnc3)c3ncn(Cc4ccc(C(F)(F)F)cc4)c3n2)cc(OC)c1OC. The van der Waals surface area contributed by atoms with E-state index in [2.05, 4.69) is 30.6 Å². The Hall–Kier alpha value is -5.07. The zero-order chi connectivity index (χ0) is 29.0. The zero-order valence-electron chi connectivity index (χ0n) is 22.4. The van der Waals surface area contributed by atoms with Crippen LogP contribution in [0.5, 0.6) is 17.2 Å². The van der Waals surface area contributed by atoms with E-state index in [-0.39, 0.29) is 12.5 Å². The van der Waals surface area contributed by atoms with Crippen LogP contribution in [0.3, 0.4) is 0 Å². The van der Waals surface area contributed by atoms with Crippen molar-refractivity contribution < 1.29 is 27.4 Å². The van der Waals surface area contributed by atoms with Crippen molar-refractivity contribution in [2.75, 3.05) is 32.0 Å². The number of ether oxygens (including phenoxy) is 3. The van der Waals surface area contributed by atoms with Gasteiger partial charge >= 0.3 is 6.18 Å². The molecule has 13 heteroatoms. The molecule has 0 radical (unpaired) electrons. The number of pyridine rings is 1. The molecule has 41 heavy (non-hydrogen) atoms. The molecule has 0 bridgehead atoms. The fourth-order valence-electron chi connectivity index (χ4n) is 4.21. The van der Waals surface area contributed by atoms with Crippen LogP contribution in [0.4, 0.5) is 30.6 Å². The third-order valence-electron chi connectivity index (χ3n) is 6.20. The first-order valence-corrected chi connectivity index (χ1v) is 12.4. The molecular weight excluding hydrogens is 539 g/mol. The third-order valence-corrected chi connectivity index (χ3v) is 6.20. The average molecular weight is 566 g/mol. The number of anilines is 3. The number of nitrogens with one attached hydrogen (secondary N) is 2. The van der Waals surface area contributed by atoms with Gasteiger partial charge in [0.1, 0.15) is 0 Å². The number of rotatable bonds is 10. The van der Waals surface area contributed by atoms with Gasteiger partial charge in [0.25, 0.3) is 0 Å². The lowest BCUT2D eigenvalue weighted by molar-refractivity contribution is -0.137. The number of imidazole rings is 1. The molecule has 2 N–H and O–H groups in total. The van der Waals surface area contributed by atoms with E-state index < -0.39 is 11.7 Å². The zero-order valence-corrected chi connectivity index (χ0v) is 22.4. The second-order valence-electron chi connectivity index (χ2n) is 8.89. The molecule has 0 aliphatic rings. The summed E-state index contributed by atoms with van der Waals surface area (Å²) in [7, 11) is 4.55. The number of aromatic nitrogens is 5. The minimum atomic E-state index is -4.41. The summed E-state index contributed by atoms with van der Waals surface area (Å²) in [6.45, 7) is 0.673. The lowest BCUT2D eigenvalue weighted by Gasteiger charge is -2.15. The summed E-state index contributed by atoms with van der Waals surface area (Å²) in [4.78, 5) is 18.0. The van der Waals surface area contributed by atoms with E-state index in [4.69, 9.17) is 14.2 Å². The molecule has 2 aromatic carbocycles. The number of alkyl halides is 3. The van der Waals surface area contributed by atoms with E-state index in [1.165, 1.54) is 33.5 Å². The second-order valence-corrected chi connectivity index (χ2v) is 8.89. The summed E-state index contributed by atoms with van der Waals surface area (Å²) < 4.78 is 57.2. The van der Waals surface area contributed by atoms with Gasteiger partial charge in [0.2, 0.25) is 11.7 Å². The molecule has 3 aromatic heterocycles. The van der Waals surface area contributed by atoms with Crippen LogP contribution in [0.15, 0.2) is 67.3 Å². The summed E-state index contributed by atoms with van der Waals surface area (Å²) >= 11 is 0. The Balaban J connectivity index is 1.52. The summed E-state index contributed by atoms with van der Waals surface area (Å²) in [6.07, 6.45) is 0.601. The standard InChI is InChI=1S/C28H26F3N7O3/c1-39-21-11-20(12-22(40-2)24(21)41-3)35-27-36-25(33-14-18-5-4-10-32-13-18)23-26(37-27)38(16-34-23)15-17-6-8-19(9-7-17)28(29,30)31/h4-13,16H,14-15H2,1-3H3,(H2,33,35,36,37). The largest absolute Gasteiger partial charge is 0.493 e. The van der Waals surface area contributed by atoms with E-state index in [1.54, 1.807) is 35.4 Å². The van der Waals surface area contributed by atoms with Crippen molar-refractivity contribution in [1.82, 2.24) is 24.5 Å². The maximum absolute atomic E-state index is 13.0. The van der Waals surface area contributed by atoms with Gasteiger partial charge in [-0.2, -0.15) is 23.1 Å². The Morgan fingerprint density at radius 1 is 0.902 bits per heavy atom. The first-order chi connectivity index (χ1) is 19.8. The van der Waals surface area contributed by atoms with E-state index in [0.717, 1.165) is 17.7 Å². The Morgan fingerprint density at radius 2 is 1.63 bits per heavy atom. The van der Waals surface area contributed by atoms with E-state index >= 15 is 0 Å². The first-order valence-electron chi connectivity index (χ1n) is 12.4. The van der Waals surface area contributed by atoms with Gasteiger partial charge < -0.3 is 29.4 Å². The fourth-order valence-corrected chi connectivity index (χ4v) is 4.21. The van der Waals surface area contributed by atoms with Gasteiger partial charge in [-0.05, 0) is 29.3 Å². The van der Waals surface area contributed by atoms with Gasteiger partial charge in [-0.3, -0.25) is 4.98 Å². The fraction of sp³-hybridized carbons (Fsp3) is 0.214. The maximum atomic E-state index is 13.0. The Bertz CT molecular complexity index is 1620. The molecular formula is C28H26F3N7O3. The molecule has 212 valence electrons. The van der Waals surface area contributed by atoms with E-state index in [0.29, 0.717) is 52.0 Å². The normalized spacial score (nSPS) is 11.4. The van der Waals surface area contributed by atoms with Crippen molar-refractivity contribution in [2.45, 2.75) is 19.3 Å². The quantitative estimate of drug-likeness (QED) is 0.221. The number of hydrogen-bond donors (Lipinski definition) is 2. The van der Waals surface area contributed by atoms with Crippen molar-refractivity contribution in [3.63, 3.8) is 0 Å². The highest BCUT2D eigenvalue weighted by molar-refractivity contribution is 5.85. The number of hydrogen-bond acceptors (Lipinski definition) is 9. The molecule has 0 saturated carbocycles. The minimum Gasteiger partial charge on any atom is -0.493 e. The van der Waals surface area contributed by atoms with Crippen molar-refractivity contribution in [3.8, 4) is 17.2 Å². The molecule has 0 fully saturated rings. The van der Waals surface area contributed by atoms with Crippen molar-refractivity contribution >= 4 is 28.6 Å². The monoisotopic (exact) mass is 565 g/mol. The van der Waals surface area contributed by atoms with Crippen LogP contribution in [-0.4, -0.2) is 45.8 Å². The molecule has 0 saturated heterocycles. The molecule has 5 rings (SSSR count). The molecule has 0 aliphatic carbocycles. The van der Waals surface area contributed by atoms with Crippen LogP contribution < -0.4 is 24.8 Å². The topological polar surface area (TPSA) is 108 Å². The average Bonchev–Trinajstić information content (AvgIpc) is 3.38. The number of nitrogens with zero attached hydrogens (tertiary/aromatic N) is 5. The van der Waals surface area contributed by atoms with Crippen LogP contribution in [0.1, 0.15) is 16.7 Å². The summed E-state index contributed by atoms with van der Waals surface area (Å²) in [5.74, 6) is 2.02. The number of benzene rings is 2. The molecule has 0 amide bonds. The number of fused-ring (bicyclic) bond motifs is 1. The lowest BCUT2D eigenvalue weighted by atomic mass is 10.1. The van der Waals surface area contributed by atoms with Crippen LogP contribution >= 0.6 is 0 Å². The molecule has 3 heterocycles. The summed E-state index contributed by atoms with van der Waals surface area (Å²) in [5.41, 5.74) is 2.42. The minimum absolute atomic E-state index is 0.245. The predicted molar refractivity (Wildman–Crippen MR) is 147 cm³/mol. The third kappa shape index (κ3) is 6.08. The maximum Gasteiger partial charge on any atom is 0.416 e. The lowest BCUT2D eigenvalue weighted by Crippen LogP contribution is -2.08. The molecule has 0 unspecified atom stereocenters. The van der Waals surface area contributed by atoms with Crippen molar-refractivity contribution in [3.05, 3.63) is 83.9 Å². The van der Waals surface area contributed by atoms with E-state index in [1.807, 2.05) is 12.1 Å². The highest BCUT2D eigenvalue weighted by Gasteiger charge is 2.30. The Kier molecular flexibility index (Phi) is 7.77.